The lowest BCUT2D eigenvalue weighted by Gasteiger charge is -2.06. The number of hydrogen-bond acceptors (Lipinski definition) is 3. The Morgan fingerprint density at radius 3 is 2.60 bits per heavy atom. The maximum atomic E-state index is 11.7. The molecule has 0 atom stereocenters. The molecule has 0 fully saturated rings. The van der Waals surface area contributed by atoms with Gasteiger partial charge in [-0.05, 0) is 41.8 Å². The van der Waals surface area contributed by atoms with E-state index in [1.165, 1.54) is 0 Å². The Morgan fingerprint density at radius 1 is 1.10 bits per heavy atom. The number of nitrogens with two attached hydrogens (primary N) is 1. The highest BCUT2D eigenvalue weighted by Crippen LogP contribution is 2.12. The summed E-state index contributed by atoms with van der Waals surface area (Å²) in [6, 6.07) is 14.8. The lowest BCUT2D eigenvalue weighted by molar-refractivity contribution is -0.144. The fourth-order valence-electron chi connectivity index (χ4n) is 1.86. The zero-order valence-corrected chi connectivity index (χ0v) is 11.8. The minimum absolute atomic E-state index is 0.229. The number of ether oxygens (including phenoxy) is 1. The van der Waals surface area contributed by atoms with Crippen LogP contribution in [0.15, 0.2) is 48.5 Å². The van der Waals surface area contributed by atoms with Gasteiger partial charge in [-0.25, -0.2) is 0 Å². The first kappa shape index (κ1) is 14.4. The van der Waals surface area contributed by atoms with E-state index in [0.717, 1.165) is 11.1 Å². The van der Waals surface area contributed by atoms with Crippen LogP contribution in [0.25, 0.3) is 0 Å². The average Bonchev–Trinajstić information content (AvgIpc) is 2.43. The van der Waals surface area contributed by atoms with Gasteiger partial charge in [-0.2, -0.15) is 0 Å². The van der Waals surface area contributed by atoms with Crippen LogP contribution < -0.4 is 5.73 Å². The van der Waals surface area contributed by atoms with Crippen LogP contribution in [-0.2, 0) is 22.6 Å². The summed E-state index contributed by atoms with van der Waals surface area (Å²) in [6.07, 6.45) is 0.962. The molecular formula is C16H16ClNO2. The molecule has 0 heterocycles. The van der Waals surface area contributed by atoms with Crippen molar-refractivity contribution in [3.8, 4) is 0 Å². The van der Waals surface area contributed by atoms with Gasteiger partial charge in [0.05, 0.1) is 0 Å². The van der Waals surface area contributed by atoms with Crippen molar-refractivity contribution in [1.82, 2.24) is 0 Å². The number of nitrogen functional groups attached to an aromatic ring is 1. The molecule has 0 aliphatic carbocycles. The molecule has 4 heteroatoms. The first-order valence-electron chi connectivity index (χ1n) is 6.38. The largest absolute Gasteiger partial charge is 0.461 e. The van der Waals surface area contributed by atoms with E-state index in [1.807, 2.05) is 36.4 Å². The van der Waals surface area contributed by atoms with E-state index >= 15 is 0 Å². The summed E-state index contributed by atoms with van der Waals surface area (Å²) in [5.74, 6) is -0.229. The minimum atomic E-state index is -0.229. The van der Waals surface area contributed by atoms with Gasteiger partial charge in [-0.3, -0.25) is 4.79 Å². The highest BCUT2D eigenvalue weighted by Gasteiger charge is 2.05. The third-order valence-electron chi connectivity index (χ3n) is 2.86. The number of benzene rings is 2. The van der Waals surface area contributed by atoms with E-state index in [-0.39, 0.29) is 12.6 Å². The van der Waals surface area contributed by atoms with Crippen LogP contribution in [0, 0.1) is 0 Å². The lowest BCUT2D eigenvalue weighted by atomic mass is 10.1. The molecular weight excluding hydrogens is 274 g/mol. The summed E-state index contributed by atoms with van der Waals surface area (Å²) in [4.78, 5) is 11.7. The van der Waals surface area contributed by atoms with Crippen LogP contribution >= 0.6 is 11.6 Å². The molecule has 2 rings (SSSR count). The second-order valence-corrected chi connectivity index (χ2v) is 4.97. The van der Waals surface area contributed by atoms with Gasteiger partial charge in [0.15, 0.2) is 0 Å². The van der Waals surface area contributed by atoms with Gasteiger partial charge < -0.3 is 10.5 Å². The highest BCUT2D eigenvalue weighted by molar-refractivity contribution is 6.30. The van der Waals surface area contributed by atoms with Crippen molar-refractivity contribution in [1.29, 1.82) is 0 Å². The first-order chi connectivity index (χ1) is 9.63. The molecule has 0 saturated carbocycles. The maximum absolute atomic E-state index is 11.7. The normalized spacial score (nSPS) is 10.2. The van der Waals surface area contributed by atoms with Gasteiger partial charge in [0.25, 0.3) is 0 Å². The van der Waals surface area contributed by atoms with Crippen LogP contribution in [-0.4, -0.2) is 5.97 Å². The van der Waals surface area contributed by atoms with Crippen molar-refractivity contribution in [2.24, 2.45) is 0 Å². The zero-order valence-electron chi connectivity index (χ0n) is 11.0. The number of carbonyl (C=O) groups excluding carboxylic acids is 1. The molecule has 0 spiro atoms. The van der Waals surface area contributed by atoms with Crippen LogP contribution in [0.2, 0.25) is 5.02 Å². The summed E-state index contributed by atoms with van der Waals surface area (Å²) in [5.41, 5.74) is 8.30. The summed E-state index contributed by atoms with van der Waals surface area (Å²) < 4.78 is 5.21. The molecule has 3 nitrogen and oxygen atoms in total. The minimum Gasteiger partial charge on any atom is -0.461 e. The average molecular weight is 290 g/mol. The second-order valence-electron chi connectivity index (χ2n) is 4.54. The Kier molecular flexibility index (Phi) is 5.02. The number of esters is 1. The standard InChI is InChI=1S/C16H16ClNO2/c17-14-5-1-4-13(9-14)11-20-16(19)8-7-12-3-2-6-15(18)10-12/h1-6,9-10H,7-8,11,18H2. The molecule has 2 aromatic rings. The number of rotatable bonds is 5. The van der Waals surface area contributed by atoms with E-state index in [1.54, 1.807) is 12.1 Å². The van der Waals surface area contributed by atoms with E-state index in [9.17, 15) is 4.79 Å². The molecule has 20 heavy (non-hydrogen) atoms. The van der Waals surface area contributed by atoms with E-state index in [2.05, 4.69) is 0 Å². The number of aryl methyl sites for hydroxylation is 1. The predicted molar refractivity (Wildman–Crippen MR) is 80.4 cm³/mol. The Bertz CT molecular complexity index is 547. The van der Waals surface area contributed by atoms with Crippen molar-refractivity contribution in [3.05, 3.63) is 64.7 Å². The molecule has 2 N–H and O–H groups in total. The molecule has 104 valence electrons. The third-order valence-corrected chi connectivity index (χ3v) is 3.09. The smallest absolute Gasteiger partial charge is 0.306 e. The van der Waals surface area contributed by atoms with Crippen molar-refractivity contribution in [2.45, 2.75) is 19.4 Å². The Labute approximate surface area is 123 Å². The van der Waals surface area contributed by atoms with Crippen LogP contribution in [0.4, 0.5) is 5.69 Å². The van der Waals surface area contributed by atoms with Crippen molar-refractivity contribution in [2.75, 3.05) is 5.73 Å². The molecule has 0 radical (unpaired) electrons. The number of carbonyl (C=O) groups is 1. The third kappa shape index (κ3) is 4.59. The Balaban J connectivity index is 1.78. The number of anilines is 1. The van der Waals surface area contributed by atoms with Gasteiger partial charge in [-0.1, -0.05) is 35.9 Å². The van der Waals surface area contributed by atoms with Crippen molar-refractivity contribution >= 4 is 23.3 Å². The highest BCUT2D eigenvalue weighted by atomic mass is 35.5. The molecule has 0 bridgehead atoms. The first-order valence-corrected chi connectivity index (χ1v) is 6.76. The maximum Gasteiger partial charge on any atom is 0.306 e. The van der Waals surface area contributed by atoms with E-state index in [4.69, 9.17) is 22.1 Å². The van der Waals surface area contributed by atoms with Crippen LogP contribution in [0.1, 0.15) is 17.5 Å². The van der Waals surface area contributed by atoms with Gasteiger partial charge in [0, 0.05) is 17.1 Å². The molecule has 2 aromatic carbocycles. The summed E-state index contributed by atoms with van der Waals surface area (Å²) in [6.45, 7) is 0.246. The fourth-order valence-corrected chi connectivity index (χ4v) is 2.07. The molecule has 0 aliphatic rings. The quantitative estimate of drug-likeness (QED) is 0.676. The van der Waals surface area contributed by atoms with E-state index in [0.29, 0.717) is 23.6 Å². The summed E-state index contributed by atoms with van der Waals surface area (Å²) in [7, 11) is 0. The van der Waals surface area contributed by atoms with Crippen molar-refractivity contribution in [3.63, 3.8) is 0 Å². The number of halogens is 1. The number of hydrogen-bond donors (Lipinski definition) is 1. The molecule has 0 unspecified atom stereocenters. The lowest BCUT2D eigenvalue weighted by Crippen LogP contribution is -2.06. The van der Waals surface area contributed by atoms with Gasteiger partial charge >= 0.3 is 5.97 Å². The Morgan fingerprint density at radius 2 is 1.85 bits per heavy atom. The van der Waals surface area contributed by atoms with Gasteiger partial charge in [0.2, 0.25) is 0 Å². The fraction of sp³-hybridized carbons (Fsp3) is 0.188. The predicted octanol–water partition coefficient (Wildman–Crippen LogP) is 3.60. The van der Waals surface area contributed by atoms with Gasteiger partial charge in [0.1, 0.15) is 6.61 Å². The van der Waals surface area contributed by atoms with Gasteiger partial charge in [-0.15, -0.1) is 0 Å². The Hall–Kier alpha value is -2.00. The van der Waals surface area contributed by atoms with Crippen LogP contribution in [0.5, 0.6) is 0 Å². The SMILES string of the molecule is Nc1cccc(CCC(=O)OCc2cccc(Cl)c2)c1. The molecule has 0 saturated heterocycles. The van der Waals surface area contributed by atoms with E-state index < -0.39 is 0 Å². The molecule has 0 amide bonds. The molecule has 0 aliphatic heterocycles. The zero-order chi connectivity index (χ0) is 14.4. The summed E-state index contributed by atoms with van der Waals surface area (Å²) >= 11 is 5.86. The monoisotopic (exact) mass is 289 g/mol. The summed E-state index contributed by atoms with van der Waals surface area (Å²) in [5, 5.41) is 0.637. The molecule has 0 aromatic heterocycles. The van der Waals surface area contributed by atoms with Crippen molar-refractivity contribution < 1.29 is 9.53 Å². The van der Waals surface area contributed by atoms with Crippen LogP contribution in [0.3, 0.4) is 0 Å². The topological polar surface area (TPSA) is 52.3 Å². The second kappa shape index (κ2) is 6.96.